The molecule has 0 aromatic heterocycles. The number of hydrogen-bond acceptors (Lipinski definition) is 4. The van der Waals surface area contributed by atoms with Gasteiger partial charge in [-0.2, -0.15) is 0 Å². The van der Waals surface area contributed by atoms with Crippen molar-refractivity contribution in [2.24, 2.45) is 5.92 Å². The van der Waals surface area contributed by atoms with Crippen LogP contribution >= 0.6 is 11.6 Å². The molecule has 0 aliphatic rings. The number of rotatable bonds is 12. The van der Waals surface area contributed by atoms with E-state index in [0.29, 0.717) is 23.9 Å². The monoisotopic (exact) mass is 480 g/mol. The molecule has 0 heterocycles. The summed E-state index contributed by atoms with van der Waals surface area (Å²) in [6, 6.07) is 11.2. The van der Waals surface area contributed by atoms with E-state index in [1.807, 2.05) is 6.92 Å². The molecule has 2 aromatic carbocycles. The van der Waals surface area contributed by atoms with E-state index in [9.17, 15) is 13.2 Å². The molecule has 1 N–H and O–H groups in total. The van der Waals surface area contributed by atoms with Gasteiger partial charge in [-0.3, -0.25) is 9.10 Å². The fraction of sp³-hybridized carbons (Fsp3) is 0.458. The van der Waals surface area contributed by atoms with E-state index in [1.165, 1.54) is 13.2 Å². The van der Waals surface area contributed by atoms with Gasteiger partial charge in [0.05, 0.1) is 22.7 Å². The number of unbranched alkanes of at least 4 members (excludes halogenated alkanes) is 1. The maximum Gasteiger partial charge on any atom is 0.264 e. The zero-order chi connectivity index (χ0) is 23.7. The molecule has 8 heteroatoms. The van der Waals surface area contributed by atoms with Crippen molar-refractivity contribution < 1.29 is 17.9 Å². The fourth-order valence-corrected chi connectivity index (χ4v) is 5.02. The van der Waals surface area contributed by atoms with Crippen molar-refractivity contribution in [3.63, 3.8) is 0 Å². The largest absolute Gasteiger partial charge is 0.495 e. The van der Waals surface area contributed by atoms with Gasteiger partial charge in [0.15, 0.2) is 0 Å². The minimum absolute atomic E-state index is 0.109. The van der Waals surface area contributed by atoms with Crippen LogP contribution in [0.2, 0.25) is 5.02 Å². The number of nitrogens with one attached hydrogen (secondary N) is 1. The van der Waals surface area contributed by atoms with Gasteiger partial charge in [-0.15, -0.1) is 0 Å². The minimum Gasteiger partial charge on any atom is -0.495 e. The van der Waals surface area contributed by atoms with Crippen LogP contribution in [0.15, 0.2) is 47.4 Å². The Morgan fingerprint density at radius 3 is 2.41 bits per heavy atom. The number of methoxy groups -OCH3 is 1. The summed E-state index contributed by atoms with van der Waals surface area (Å²) in [7, 11) is -2.50. The summed E-state index contributed by atoms with van der Waals surface area (Å²) in [6.45, 7) is 6.30. The fourth-order valence-electron chi connectivity index (χ4n) is 3.35. The molecule has 1 amide bonds. The molecule has 0 bridgehead atoms. The standard InChI is InChI=1S/C24H33ClN2O4S/c1-5-7-8-19(6-2)16-26-24(28)17-27(20-11-14-23(31-4)22(25)15-20)32(29,30)21-12-9-18(3)10-13-21/h9-15,19H,5-8,16-17H2,1-4H3,(H,26,28). The minimum atomic E-state index is -3.99. The zero-order valence-corrected chi connectivity index (χ0v) is 20.8. The number of nitrogens with zero attached hydrogens (tertiary/aromatic N) is 1. The van der Waals surface area contributed by atoms with Crippen LogP contribution in [0.1, 0.15) is 45.1 Å². The Morgan fingerprint density at radius 1 is 1.16 bits per heavy atom. The number of carbonyl (C=O) groups is 1. The molecule has 1 atom stereocenters. The van der Waals surface area contributed by atoms with Crippen LogP contribution in [0.25, 0.3) is 0 Å². The van der Waals surface area contributed by atoms with Gasteiger partial charge in [0.1, 0.15) is 12.3 Å². The van der Waals surface area contributed by atoms with E-state index in [4.69, 9.17) is 16.3 Å². The second-order valence-electron chi connectivity index (χ2n) is 7.86. The maximum atomic E-state index is 13.5. The highest BCUT2D eigenvalue weighted by molar-refractivity contribution is 7.92. The lowest BCUT2D eigenvalue weighted by Crippen LogP contribution is -2.42. The third kappa shape index (κ3) is 6.87. The number of sulfonamides is 1. The van der Waals surface area contributed by atoms with Crippen LogP contribution in [0.4, 0.5) is 5.69 Å². The highest BCUT2D eigenvalue weighted by Gasteiger charge is 2.28. The van der Waals surface area contributed by atoms with E-state index in [-0.39, 0.29) is 22.4 Å². The van der Waals surface area contributed by atoms with Crippen LogP contribution < -0.4 is 14.4 Å². The zero-order valence-electron chi connectivity index (χ0n) is 19.2. The highest BCUT2D eigenvalue weighted by Crippen LogP contribution is 2.32. The van der Waals surface area contributed by atoms with E-state index in [2.05, 4.69) is 19.2 Å². The van der Waals surface area contributed by atoms with Crippen LogP contribution in [0, 0.1) is 12.8 Å². The van der Waals surface area contributed by atoms with E-state index < -0.39 is 10.0 Å². The van der Waals surface area contributed by atoms with Crippen molar-refractivity contribution in [2.75, 3.05) is 24.5 Å². The summed E-state index contributed by atoms with van der Waals surface area (Å²) in [5, 5.41) is 3.17. The molecule has 0 aliphatic heterocycles. The van der Waals surface area contributed by atoms with Crippen LogP contribution in [-0.4, -0.2) is 34.5 Å². The highest BCUT2D eigenvalue weighted by atomic mass is 35.5. The SMILES string of the molecule is CCCCC(CC)CNC(=O)CN(c1ccc(OC)c(Cl)c1)S(=O)(=O)c1ccc(C)cc1. The number of ether oxygens (including phenoxy) is 1. The molecule has 1 unspecified atom stereocenters. The Morgan fingerprint density at radius 2 is 1.84 bits per heavy atom. The Kier molecular flexibility index (Phi) is 9.84. The van der Waals surface area contributed by atoms with Gasteiger partial charge in [0.25, 0.3) is 10.0 Å². The first-order valence-electron chi connectivity index (χ1n) is 10.9. The molecule has 0 spiro atoms. The van der Waals surface area contributed by atoms with Gasteiger partial charge in [-0.05, 0) is 49.6 Å². The smallest absolute Gasteiger partial charge is 0.264 e. The van der Waals surface area contributed by atoms with Crippen molar-refractivity contribution >= 4 is 33.2 Å². The van der Waals surface area contributed by atoms with E-state index >= 15 is 0 Å². The Bertz CT molecular complexity index is 994. The molecule has 32 heavy (non-hydrogen) atoms. The Balaban J connectivity index is 2.31. The summed E-state index contributed by atoms with van der Waals surface area (Å²) in [4.78, 5) is 12.9. The number of anilines is 1. The van der Waals surface area contributed by atoms with Crippen molar-refractivity contribution in [1.29, 1.82) is 0 Å². The first-order chi connectivity index (χ1) is 15.2. The number of carbonyl (C=O) groups excluding carboxylic acids is 1. The number of halogens is 1. The number of aryl methyl sites for hydroxylation is 1. The van der Waals surface area contributed by atoms with Crippen LogP contribution in [-0.2, 0) is 14.8 Å². The first-order valence-corrected chi connectivity index (χ1v) is 12.7. The Hall–Kier alpha value is -2.25. The van der Waals surface area contributed by atoms with Crippen LogP contribution in [0.3, 0.4) is 0 Å². The van der Waals surface area contributed by atoms with Gasteiger partial charge in [-0.25, -0.2) is 8.42 Å². The molecule has 176 valence electrons. The molecule has 2 rings (SSSR count). The summed E-state index contributed by atoms with van der Waals surface area (Å²) in [6.07, 6.45) is 4.20. The van der Waals surface area contributed by atoms with Crippen LogP contribution in [0.5, 0.6) is 5.75 Å². The van der Waals surface area contributed by atoms with E-state index in [0.717, 1.165) is 35.6 Å². The average Bonchev–Trinajstić information content (AvgIpc) is 2.77. The summed E-state index contributed by atoms with van der Waals surface area (Å²) >= 11 is 6.25. The van der Waals surface area contributed by atoms with E-state index in [1.54, 1.807) is 36.4 Å². The molecular formula is C24H33ClN2O4S. The average molecular weight is 481 g/mol. The normalized spacial score (nSPS) is 12.3. The Labute approximate surface area is 197 Å². The lowest BCUT2D eigenvalue weighted by molar-refractivity contribution is -0.119. The molecule has 2 aromatic rings. The molecule has 0 radical (unpaired) electrons. The summed E-state index contributed by atoms with van der Waals surface area (Å²) in [5.74, 6) is 0.438. The third-order valence-electron chi connectivity index (χ3n) is 5.45. The second-order valence-corrected chi connectivity index (χ2v) is 10.1. The lowest BCUT2D eigenvalue weighted by Gasteiger charge is -2.25. The van der Waals surface area contributed by atoms with Crippen molar-refractivity contribution in [3.8, 4) is 5.75 Å². The van der Waals surface area contributed by atoms with Gasteiger partial charge >= 0.3 is 0 Å². The predicted octanol–water partition coefficient (Wildman–Crippen LogP) is 5.18. The van der Waals surface area contributed by atoms with Gasteiger partial charge in [0.2, 0.25) is 5.91 Å². The lowest BCUT2D eigenvalue weighted by atomic mass is 9.99. The van der Waals surface area contributed by atoms with Crippen molar-refractivity contribution in [3.05, 3.63) is 53.1 Å². The molecule has 0 fully saturated rings. The molecular weight excluding hydrogens is 448 g/mol. The first kappa shape index (κ1) is 26.0. The molecule has 0 saturated carbocycles. The van der Waals surface area contributed by atoms with Gasteiger partial charge in [-0.1, -0.05) is 62.4 Å². The number of amides is 1. The predicted molar refractivity (Wildman–Crippen MR) is 130 cm³/mol. The van der Waals surface area contributed by atoms with Gasteiger partial charge in [0, 0.05) is 6.54 Å². The molecule has 6 nitrogen and oxygen atoms in total. The number of benzene rings is 2. The molecule has 0 aliphatic carbocycles. The summed E-state index contributed by atoms with van der Waals surface area (Å²) < 4.78 is 33.2. The third-order valence-corrected chi connectivity index (χ3v) is 7.53. The molecule has 0 saturated heterocycles. The topological polar surface area (TPSA) is 75.7 Å². The van der Waals surface area contributed by atoms with Gasteiger partial charge < -0.3 is 10.1 Å². The quantitative estimate of drug-likeness (QED) is 0.454. The summed E-state index contributed by atoms with van der Waals surface area (Å²) in [5.41, 5.74) is 1.24. The van der Waals surface area contributed by atoms with Crippen molar-refractivity contribution in [2.45, 2.75) is 51.3 Å². The van der Waals surface area contributed by atoms with Crippen molar-refractivity contribution in [1.82, 2.24) is 5.32 Å². The second kappa shape index (κ2) is 12.1. The maximum absolute atomic E-state index is 13.5. The number of hydrogen-bond donors (Lipinski definition) is 1.